The second-order valence-electron chi connectivity index (χ2n) is 1.74. The highest BCUT2D eigenvalue weighted by Gasteiger charge is 1.90. The minimum atomic E-state index is -0.737. The number of urea groups is 1. The lowest BCUT2D eigenvalue weighted by molar-refractivity contribution is 0.241. The van der Waals surface area contributed by atoms with E-state index in [4.69, 9.17) is 5.73 Å². The molecule has 0 saturated heterocycles. The van der Waals surface area contributed by atoms with Gasteiger partial charge in [-0.3, -0.25) is 4.90 Å². The summed E-state index contributed by atoms with van der Waals surface area (Å²) >= 11 is 0. The van der Waals surface area contributed by atoms with Crippen molar-refractivity contribution in [3.05, 3.63) is 0 Å². The van der Waals surface area contributed by atoms with Crippen LogP contribution in [0.2, 0.25) is 0 Å². The SMILES string of the molecule is CN(C)CNC([NH])=O. The predicted octanol–water partition coefficient (Wildman–Crippen LogP) is -0.502. The van der Waals surface area contributed by atoms with Gasteiger partial charge in [0.15, 0.2) is 0 Å². The Kier molecular flexibility index (Phi) is 2.95. The van der Waals surface area contributed by atoms with Crippen molar-refractivity contribution in [2.75, 3.05) is 20.8 Å². The average molecular weight is 116 g/mol. The van der Waals surface area contributed by atoms with Crippen molar-refractivity contribution in [2.45, 2.75) is 0 Å². The number of hydrogen-bond acceptors (Lipinski definition) is 2. The topological polar surface area (TPSA) is 56.1 Å². The lowest BCUT2D eigenvalue weighted by Crippen LogP contribution is -2.32. The standard InChI is InChI=1S/C4H10N3O/c1-7(2)3-6-4(5)8/h5H,3H2,1-2H3,(H,6,8). The van der Waals surface area contributed by atoms with Crippen molar-refractivity contribution in [3.8, 4) is 0 Å². The van der Waals surface area contributed by atoms with Crippen molar-refractivity contribution in [1.82, 2.24) is 16.0 Å². The molecule has 0 bridgehead atoms. The quantitative estimate of drug-likeness (QED) is 0.494. The summed E-state index contributed by atoms with van der Waals surface area (Å²) in [7, 11) is 3.63. The molecule has 0 aliphatic rings. The van der Waals surface area contributed by atoms with Gasteiger partial charge in [0.25, 0.3) is 0 Å². The van der Waals surface area contributed by atoms with Gasteiger partial charge in [0.1, 0.15) is 0 Å². The van der Waals surface area contributed by atoms with E-state index in [9.17, 15) is 4.79 Å². The summed E-state index contributed by atoms with van der Waals surface area (Å²) in [5, 5.41) is 2.30. The molecule has 0 aromatic heterocycles. The van der Waals surface area contributed by atoms with Crippen LogP contribution in [0.5, 0.6) is 0 Å². The molecule has 0 spiro atoms. The third-order valence-electron chi connectivity index (χ3n) is 0.556. The van der Waals surface area contributed by atoms with Gasteiger partial charge in [0.2, 0.25) is 0 Å². The van der Waals surface area contributed by atoms with E-state index in [1.807, 2.05) is 14.1 Å². The average Bonchev–Trinajstić information content (AvgIpc) is 1.61. The molecule has 4 heteroatoms. The first kappa shape index (κ1) is 7.23. The van der Waals surface area contributed by atoms with Gasteiger partial charge in [-0.05, 0) is 14.1 Å². The zero-order valence-electron chi connectivity index (χ0n) is 5.06. The number of rotatable bonds is 2. The van der Waals surface area contributed by atoms with Crippen molar-refractivity contribution < 1.29 is 4.79 Å². The second kappa shape index (κ2) is 3.26. The fourth-order valence-electron chi connectivity index (χ4n) is 0.230. The zero-order chi connectivity index (χ0) is 6.57. The Labute approximate surface area is 48.6 Å². The first-order valence-corrected chi connectivity index (χ1v) is 2.27. The van der Waals surface area contributed by atoms with E-state index in [2.05, 4.69) is 5.32 Å². The minimum absolute atomic E-state index is 0.433. The maximum atomic E-state index is 9.88. The maximum absolute atomic E-state index is 9.88. The molecule has 2 N–H and O–H groups in total. The largest absolute Gasteiger partial charge is 0.334 e. The smallest absolute Gasteiger partial charge is 0.324 e. The van der Waals surface area contributed by atoms with E-state index in [-0.39, 0.29) is 0 Å². The Morgan fingerprint density at radius 3 is 2.38 bits per heavy atom. The molecule has 0 rings (SSSR count). The molecule has 0 atom stereocenters. The zero-order valence-corrected chi connectivity index (χ0v) is 5.06. The molecule has 0 aliphatic carbocycles. The number of nitrogens with zero attached hydrogens (tertiary/aromatic N) is 1. The molecule has 1 radical (unpaired) electrons. The summed E-state index contributed by atoms with van der Waals surface area (Å²) in [6.45, 7) is 0.433. The normalized spacial score (nSPS) is 9.38. The molecule has 0 fully saturated rings. The fourth-order valence-corrected chi connectivity index (χ4v) is 0.230. The van der Waals surface area contributed by atoms with Crippen LogP contribution in [-0.2, 0) is 0 Å². The van der Waals surface area contributed by atoms with Gasteiger partial charge in [0.05, 0.1) is 6.67 Å². The number of nitrogens with one attached hydrogen (secondary N) is 2. The van der Waals surface area contributed by atoms with E-state index >= 15 is 0 Å². The third-order valence-corrected chi connectivity index (χ3v) is 0.556. The predicted molar refractivity (Wildman–Crippen MR) is 30.2 cm³/mol. The van der Waals surface area contributed by atoms with Gasteiger partial charge >= 0.3 is 6.03 Å². The highest BCUT2D eigenvalue weighted by atomic mass is 16.2. The van der Waals surface area contributed by atoms with Gasteiger partial charge in [0, 0.05) is 0 Å². The molecule has 4 nitrogen and oxygen atoms in total. The van der Waals surface area contributed by atoms with E-state index in [1.54, 1.807) is 4.90 Å². The first-order chi connectivity index (χ1) is 3.63. The summed E-state index contributed by atoms with van der Waals surface area (Å²) in [6.07, 6.45) is 0. The van der Waals surface area contributed by atoms with Gasteiger partial charge in [-0.1, -0.05) is 0 Å². The van der Waals surface area contributed by atoms with Crippen molar-refractivity contribution in [2.24, 2.45) is 0 Å². The van der Waals surface area contributed by atoms with Gasteiger partial charge in [-0.2, -0.15) is 0 Å². The lowest BCUT2D eigenvalue weighted by Gasteiger charge is -2.07. The van der Waals surface area contributed by atoms with Crippen LogP contribution in [0.4, 0.5) is 4.79 Å². The molecule has 47 valence electrons. The van der Waals surface area contributed by atoms with Gasteiger partial charge in [-0.25, -0.2) is 10.5 Å². The molecule has 0 aromatic rings. The molecular formula is C4H10N3O. The van der Waals surface area contributed by atoms with Crippen LogP contribution in [0.15, 0.2) is 0 Å². The molecular weight excluding hydrogens is 106 g/mol. The Morgan fingerprint density at radius 1 is 1.75 bits per heavy atom. The first-order valence-electron chi connectivity index (χ1n) is 2.27. The number of amides is 2. The van der Waals surface area contributed by atoms with E-state index in [0.717, 1.165) is 0 Å². The number of carbonyl (C=O) groups excluding carboxylic acids is 1. The molecule has 0 aliphatic heterocycles. The second-order valence-corrected chi connectivity index (χ2v) is 1.74. The molecule has 0 aromatic carbocycles. The van der Waals surface area contributed by atoms with Crippen LogP contribution < -0.4 is 11.1 Å². The van der Waals surface area contributed by atoms with Crippen molar-refractivity contribution >= 4 is 6.03 Å². The van der Waals surface area contributed by atoms with Crippen LogP contribution in [0.3, 0.4) is 0 Å². The van der Waals surface area contributed by atoms with E-state index < -0.39 is 6.03 Å². The van der Waals surface area contributed by atoms with E-state index in [0.29, 0.717) is 6.67 Å². The molecule has 2 amide bonds. The Bertz CT molecular complexity index is 81.4. The van der Waals surface area contributed by atoms with Crippen LogP contribution in [-0.4, -0.2) is 31.7 Å². The minimum Gasteiger partial charge on any atom is -0.324 e. The van der Waals surface area contributed by atoms with Crippen LogP contribution in [0.1, 0.15) is 0 Å². The number of hydrogen-bond donors (Lipinski definition) is 1. The molecule has 8 heavy (non-hydrogen) atoms. The van der Waals surface area contributed by atoms with Gasteiger partial charge in [-0.15, -0.1) is 0 Å². The van der Waals surface area contributed by atoms with E-state index in [1.165, 1.54) is 0 Å². The summed E-state index contributed by atoms with van der Waals surface area (Å²) in [6, 6.07) is -0.737. The molecule has 0 saturated carbocycles. The van der Waals surface area contributed by atoms with Crippen LogP contribution in [0.25, 0.3) is 0 Å². The van der Waals surface area contributed by atoms with Gasteiger partial charge < -0.3 is 5.32 Å². The number of carbonyl (C=O) groups is 1. The highest BCUT2D eigenvalue weighted by molar-refractivity contribution is 5.70. The Balaban J connectivity index is 3.05. The van der Waals surface area contributed by atoms with Crippen LogP contribution in [0, 0.1) is 0 Å². The Hall–Kier alpha value is -0.770. The summed E-state index contributed by atoms with van der Waals surface area (Å²) in [4.78, 5) is 11.6. The van der Waals surface area contributed by atoms with Crippen LogP contribution >= 0.6 is 0 Å². The summed E-state index contributed by atoms with van der Waals surface area (Å²) in [5.74, 6) is 0. The lowest BCUT2D eigenvalue weighted by atomic mass is 10.8. The Morgan fingerprint density at radius 2 is 2.25 bits per heavy atom. The summed E-state index contributed by atoms with van der Waals surface area (Å²) < 4.78 is 0. The highest BCUT2D eigenvalue weighted by Crippen LogP contribution is 1.65. The maximum Gasteiger partial charge on any atom is 0.334 e. The summed E-state index contributed by atoms with van der Waals surface area (Å²) in [5.41, 5.74) is 6.39. The van der Waals surface area contributed by atoms with Crippen molar-refractivity contribution in [1.29, 1.82) is 0 Å². The third kappa shape index (κ3) is 5.23. The molecule has 0 heterocycles. The van der Waals surface area contributed by atoms with Crippen molar-refractivity contribution in [3.63, 3.8) is 0 Å². The monoisotopic (exact) mass is 116 g/mol. The fraction of sp³-hybridized carbons (Fsp3) is 0.750. The molecule has 0 unspecified atom stereocenters.